The molecule has 0 radical (unpaired) electrons. The lowest BCUT2D eigenvalue weighted by molar-refractivity contribution is -0.136. The van der Waals surface area contributed by atoms with Gasteiger partial charge in [0.25, 0.3) is 17.7 Å². The second-order valence-electron chi connectivity index (χ2n) is 16.0. The van der Waals surface area contributed by atoms with E-state index in [4.69, 9.17) is 0 Å². The van der Waals surface area contributed by atoms with Gasteiger partial charge in [-0.25, -0.2) is 0 Å². The monoisotopic (exact) mass is 827 g/mol. The van der Waals surface area contributed by atoms with Gasteiger partial charge in [-0.2, -0.15) is 0 Å². The second kappa shape index (κ2) is 20.8. The maximum absolute atomic E-state index is 13.3. The lowest BCUT2D eigenvalue weighted by Crippen LogP contribution is -2.54. The van der Waals surface area contributed by atoms with Crippen molar-refractivity contribution in [1.29, 1.82) is 0 Å². The number of likely N-dealkylation sites (tertiary alicyclic amines) is 1. The Bertz CT molecular complexity index is 2170. The van der Waals surface area contributed by atoms with E-state index in [9.17, 15) is 28.8 Å². The highest BCUT2D eigenvalue weighted by molar-refractivity contribution is 6.24. The first kappa shape index (κ1) is 42.8. The van der Waals surface area contributed by atoms with E-state index in [-0.39, 0.29) is 35.8 Å². The molecular weight excluding hydrogens is 775 g/mol. The van der Waals surface area contributed by atoms with Crippen LogP contribution in [0.5, 0.6) is 0 Å². The zero-order valence-electron chi connectivity index (χ0n) is 34.5. The summed E-state index contributed by atoms with van der Waals surface area (Å²) in [5.41, 5.74) is 2.20. The van der Waals surface area contributed by atoms with Crippen LogP contribution < -0.4 is 15.5 Å². The standard InChI is InChI=1S/C46H53N9O6/c56-40(19-15-34-11-9-23-47-32-34)48-24-6-5-10-33-21-26-54(27-22-33)45(60)37-16-18-39(51-50-37)53-30-28-52(29-31-53)25-7-3-1-2-4-12-35-13-8-14-36-42(35)46(61)55(44(36)59)38-17-20-41(57)49-43(38)58/h8-9,11,13-16,18-19,23,32-33,38H,1-3,5-7,10,17,20-22,24-31H2,(H,48,56)(H,49,57,58)/b19-15+. The van der Waals surface area contributed by atoms with Crippen LogP contribution in [0.4, 0.5) is 5.82 Å². The van der Waals surface area contributed by atoms with Crippen molar-refractivity contribution >= 4 is 47.3 Å². The molecule has 7 rings (SSSR count). The minimum Gasteiger partial charge on any atom is -0.353 e. The smallest absolute Gasteiger partial charge is 0.274 e. The van der Waals surface area contributed by atoms with Gasteiger partial charge in [-0.1, -0.05) is 43.2 Å². The van der Waals surface area contributed by atoms with Gasteiger partial charge in [-0.3, -0.25) is 48.9 Å². The third-order valence-corrected chi connectivity index (χ3v) is 11.9. The fourth-order valence-electron chi connectivity index (χ4n) is 8.37. The molecule has 6 amide bonds. The molecule has 2 aromatic heterocycles. The van der Waals surface area contributed by atoms with E-state index in [1.165, 1.54) is 6.08 Å². The number of amides is 6. The molecular formula is C46H53N9O6. The average Bonchev–Trinajstić information content (AvgIpc) is 3.54. The van der Waals surface area contributed by atoms with Gasteiger partial charge < -0.3 is 15.1 Å². The van der Waals surface area contributed by atoms with E-state index in [0.717, 1.165) is 100 Å². The van der Waals surface area contributed by atoms with Crippen LogP contribution in [0.25, 0.3) is 6.08 Å². The Hall–Kier alpha value is -6.27. The minimum absolute atomic E-state index is 0.0658. The molecule has 0 spiro atoms. The molecule has 3 aromatic rings. The number of piperidine rings is 2. The summed E-state index contributed by atoms with van der Waals surface area (Å²) in [6, 6.07) is 11.4. The maximum Gasteiger partial charge on any atom is 0.274 e. The minimum atomic E-state index is -1.00. The Labute approximate surface area is 356 Å². The maximum atomic E-state index is 13.3. The molecule has 2 N–H and O–H groups in total. The van der Waals surface area contributed by atoms with Gasteiger partial charge in [0.05, 0.1) is 11.1 Å². The lowest BCUT2D eigenvalue weighted by atomic mass is 9.91. The molecule has 15 nitrogen and oxygen atoms in total. The number of hydrogen-bond acceptors (Lipinski definition) is 11. The highest BCUT2D eigenvalue weighted by Crippen LogP contribution is 2.30. The average molecular weight is 828 g/mol. The van der Waals surface area contributed by atoms with Gasteiger partial charge in [-0.15, -0.1) is 10.2 Å². The van der Waals surface area contributed by atoms with Crippen LogP contribution in [0, 0.1) is 17.8 Å². The zero-order chi connectivity index (χ0) is 42.6. The van der Waals surface area contributed by atoms with E-state index >= 15 is 0 Å². The summed E-state index contributed by atoms with van der Waals surface area (Å²) in [5, 5.41) is 13.9. The van der Waals surface area contributed by atoms with Crippen molar-refractivity contribution < 1.29 is 28.8 Å². The number of carbonyl (C=O) groups excluding carboxylic acids is 6. The summed E-state index contributed by atoms with van der Waals surface area (Å²) in [4.78, 5) is 87.2. The Morgan fingerprint density at radius 3 is 2.44 bits per heavy atom. The van der Waals surface area contributed by atoms with Crippen molar-refractivity contribution in [3.63, 3.8) is 0 Å². The highest BCUT2D eigenvalue weighted by atomic mass is 16.2. The largest absolute Gasteiger partial charge is 0.353 e. The predicted molar refractivity (Wildman–Crippen MR) is 228 cm³/mol. The number of imide groups is 2. The van der Waals surface area contributed by atoms with Crippen LogP contribution in [0.15, 0.2) is 60.9 Å². The summed E-state index contributed by atoms with van der Waals surface area (Å²) >= 11 is 0. The lowest BCUT2D eigenvalue weighted by Gasteiger charge is -2.35. The number of pyridine rings is 1. The molecule has 1 aromatic carbocycles. The van der Waals surface area contributed by atoms with Crippen LogP contribution >= 0.6 is 0 Å². The van der Waals surface area contributed by atoms with Crippen molar-refractivity contribution in [2.75, 3.05) is 57.3 Å². The number of aromatic nitrogens is 3. The highest BCUT2D eigenvalue weighted by Gasteiger charge is 2.45. The SMILES string of the molecule is O=C(/C=C/c1cccnc1)NCCCCC1CCN(C(=O)c2ccc(N3CCN(CCCCCC#Cc4cccc5c4C(=O)N(C4CCC(=O)NC4=O)C5=O)CC3)nn2)CC1. The van der Waals surface area contributed by atoms with Crippen molar-refractivity contribution in [1.82, 2.24) is 40.5 Å². The fraction of sp³-hybridized carbons (Fsp3) is 0.457. The van der Waals surface area contributed by atoms with Crippen LogP contribution in [0.2, 0.25) is 0 Å². The number of rotatable bonds is 15. The van der Waals surface area contributed by atoms with E-state index in [1.807, 2.05) is 23.1 Å². The first-order valence-corrected chi connectivity index (χ1v) is 21.5. The second-order valence-corrected chi connectivity index (χ2v) is 16.0. The molecule has 3 saturated heterocycles. The number of carbonyl (C=O) groups is 6. The molecule has 318 valence electrons. The summed E-state index contributed by atoms with van der Waals surface area (Å²) in [5.74, 6) is 5.32. The van der Waals surface area contributed by atoms with Crippen molar-refractivity contribution in [3.8, 4) is 11.8 Å². The van der Waals surface area contributed by atoms with Gasteiger partial charge in [0.15, 0.2) is 11.5 Å². The molecule has 4 aliphatic rings. The van der Waals surface area contributed by atoms with Gasteiger partial charge in [0.2, 0.25) is 17.7 Å². The van der Waals surface area contributed by atoms with E-state index in [2.05, 4.69) is 47.5 Å². The number of anilines is 1. The summed E-state index contributed by atoms with van der Waals surface area (Å²) in [6.07, 6.45) is 15.5. The molecule has 0 aliphatic carbocycles. The quantitative estimate of drug-likeness (QED) is 0.0985. The van der Waals surface area contributed by atoms with Crippen LogP contribution in [-0.2, 0) is 14.4 Å². The van der Waals surface area contributed by atoms with E-state index in [0.29, 0.717) is 43.2 Å². The molecule has 0 saturated carbocycles. The number of nitrogens with zero attached hydrogens (tertiary/aromatic N) is 7. The predicted octanol–water partition coefficient (Wildman–Crippen LogP) is 3.86. The molecule has 3 fully saturated rings. The number of piperazine rings is 1. The Morgan fingerprint density at radius 2 is 1.69 bits per heavy atom. The van der Waals surface area contributed by atoms with Crippen LogP contribution in [-0.4, -0.2) is 124 Å². The van der Waals surface area contributed by atoms with Crippen LogP contribution in [0.3, 0.4) is 0 Å². The van der Waals surface area contributed by atoms with Gasteiger partial charge in [0.1, 0.15) is 6.04 Å². The van der Waals surface area contributed by atoms with Crippen molar-refractivity contribution in [2.24, 2.45) is 5.92 Å². The van der Waals surface area contributed by atoms with E-state index < -0.39 is 29.7 Å². The third-order valence-electron chi connectivity index (χ3n) is 11.9. The first-order valence-electron chi connectivity index (χ1n) is 21.5. The molecule has 6 heterocycles. The van der Waals surface area contributed by atoms with Gasteiger partial charge in [0, 0.05) is 82.7 Å². The number of nitrogens with one attached hydrogen (secondary N) is 2. The normalized spacial score (nSPS) is 18.6. The summed E-state index contributed by atoms with van der Waals surface area (Å²) in [6.45, 7) is 6.56. The first-order chi connectivity index (χ1) is 29.7. The van der Waals surface area contributed by atoms with Crippen LogP contribution in [0.1, 0.15) is 113 Å². The molecule has 0 bridgehead atoms. The van der Waals surface area contributed by atoms with Crippen molar-refractivity contribution in [2.45, 2.75) is 76.7 Å². The fourth-order valence-corrected chi connectivity index (χ4v) is 8.37. The summed E-state index contributed by atoms with van der Waals surface area (Å²) < 4.78 is 0. The number of fused-ring (bicyclic) bond motifs is 1. The van der Waals surface area contributed by atoms with Gasteiger partial charge in [-0.05, 0) is 93.0 Å². The topological polar surface area (TPSA) is 178 Å². The third kappa shape index (κ3) is 11.1. The van der Waals surface area contributed by atoms with Crippen molar-refractivity contribution in [3.05, 3.63) is 88.9 Å². The molecule has 15 heteroatoms. The summed E-state index contributed by atoms with van der Waals surface area (Å²) in [7, 11) is 0. The molecule has 1 unspecified atom stereocenters. The number of hydrogen-bond donors (Lipinski definition) is 2. The molecule has 1 atom stereocenters. The molecule has 4 aliphatic heterocycles. The Morgan fingerprint density at radius 1 is 0.852 bits per heavy atom. The number of unbranched alkanes of at least 4 members (excludes halogenated alkanes) is 4. The van der Waals surface area contributed by atoms with E-state index in [1.54, 1.807) is 42.7 Å². The Balaban J connectivity index is 0.749. The Kier molecular flexibility index (Phi) is 14.6. The number of benzene rings is 1. The zero-order valence-corrected chi connectivity index (χ0v) is 34.5. The van der Waals surface area contributed by atoms with Gasteiger partial charge >= 0.3 is 0 Å². The molecule has 61 heavy (non-hydrogen) atoms.